The molecule has 2 heterocycles. The summed E-state index contributed by atoms with van der Waals surface area (Å²) in [5.74, 6) is 0.961. The molecule has 0 saturated carbocycles. The largest absolute Gasteiger partial charge is 0.303 e. The topological polar surface area (TPSA) is 34.4 Å². The van der Waals surface area contributed by atoms with Gasteiger partial charge in [-0.1, -0.05) is 31.5 Å². The van der Waals surface area contributed by atoms with Crippen LogP contribution in [0.3, 0.4) is 0 Å². The van der Waals surface area contributed by atoms with E-state index >= 15 is 0 Å². The molecule has 0 unspecified atom stereocenters. The van der Waals surface area contributed by atoms with Crippen LogP contribution in [-0.4, -0.2) is 15.2 Å². The second-order valence-electron chi connectivity index (χ2n) is 5.25. The monoisotopic (exact) mass is 404 g/mol. The first-order valence-electron chi connectivity index (χ1n) is 7.47. The molecule has 1 aromatic carbocycles. The Morgan fingerprint density at radius 1 is 1.18 bits per heavy atom. The van der Waals surface area contributed by atoms with Gasteiger partial charge in [0, 0.05) is 21.8 Å². The number of aryl methyl sites for hydroxylation is 1. The molecule has 0 aliphatic rings. The van der Waals surface area contributed by atoms with Crippen molar-refractivity contribution in [2.24, 2.45) is 0 Å². The molecule has 0 N–H and O–H groups in total. The van der Waals surface area contributed by atoms with Gasteiger partial charge in [0.05, 0.1) is 5.52 Å². The number of rotatable bonds is 5. The molecule has 0 atom stereocenters. The number of aromatic nitrogens is 2. The molecule has 3 aromatic rings. The number of hydrogen-bond donors (Lipinski definition) is 0. The number of hydrogen-bond acceptors (Lipinski definition) is 2. The highest BCUT2D eigenvalue weighted by atomic mass is 127. The molecule has 0 bridgehead atoms. The van der Waals surface area contributed by atoms with Crippen molar-refractivity contribution in [3.8, 4) is 0 Å². The maximum atomic E-state index is 12.9. The molecule has 112 valence electrons. The van der Waals surface area contributed by atoms with Gasteiger partial charge in [0.2, 0.25) is 5.78 Å². The van der Waals surface area contributed by atoms with E-state index in [0.717, 1.165) is 34.2 Å². The van der Waals surface area contributed by atoms with Crippen molar-refractivity contribution in [3.05, 3.63) is 69.3 Å². The predicted octanol–water partition coefficient (Wildman–Crippen LogP) is 4.51. The Bertz CT molecular complexity index is 823. The number of fused-ring (bicyclic) bond motifs is 1. The van der Waals surface area contributed by atoms with Crippen molar-refractivity contribution in [3.63, 3.8) is 0 Å². The van der Waals surface area contributed by atoms with E-state index in [-0.39, 0.29) is 5.78 Å². The van der Waals surface area contributed by atoms with Gasteiger partial charge < -0.3 is 4.40 Å². The van der Waals surface area contributed by atoms with Crippen molar-refractivity contribution in [1.82, 2.24) is 9.38 Å². The Balaban J connectivity index is 2.11. The lowest BCUT2D eigenvalue weighted by Crippen LogP contribution is -2.04. The van der Waals surface area contributed by atoms with Crippen LogP contribution in [0.2, 0.25) is 0 Å². The lowest BCUT2D eigenvalue weighted by atomic mass is 10.1. The zero-order valence-electron chi connectivity index (χ0n) is 12.4. The molecule has 3 nitrogen and oxygen atoms in total. The van der Waals surface area contributed by atoms with Crippen LogP contribution in [0.1, 0.15) is 41.6 Å². The smallest absolute Gasteiger partial charge is 0.214 e. The van der Waals surface area contributed by atoms with E-state index < -0.39 is 0 Å². The van der Waals surface area contributed by atoms with Gasteiger partial charge in [0.15, 0.2) is 0 Å². The summed E-state index contributed by atoms with van der Waals surface area (Å²) in [5.41, 5.74) is 2.16. The highest BCUT2D eigenvalue weighted by molar-refractivity contribution is 14.1. The van der Waals surface area contributed by atoms with E-state index in [9.17, 15) is 4.79 Å². The summed E-state index contributed by atoms with van der Waals surface area (Å²) in [7, 11) is 0. The van der Waals surface area contributed by atoms with Gasteiger partial charge in [-0.3, -0.25) is 4.79 Å². The van der Waals surface area contributed by atoms with Crippen LogP contribution >= 0.6 is 22.6 Å². The third kappa shape index (κ3) is 2.79. The van der Waals surface area contributed by atoms with Gasteiger partial charge in [0.25, 0.3) is 0 Å². The third-order valence-corrected chi connectivity index (χ3v) is 4.65. The van der Waals surface area contributed by atoms with Gasteiger partial charge >= 0.3 is 0 Å². The van der Waals surface area contributed by atoms with Crippen LogP contribution in [0.4, 0.5) is 0 Å². The number of ketones is 1. The molecular weight excluding hydrogens is 387 g/mol. The number of halogens is 1. The van der Waals surface area contributed by atoms with Crippen molar-refractivity contribution >= 4 is 33.9 Å². The fourth-order valence-electron chi connectivity index (χ4n) is 2.55. The number of carbonyl (C=O) groups is 1. The lowest BCUT2D eigenvalue weighted by Gasteiger charge is -2.01. The Kier molecular flexibility index (Phi) is 4.57. The molecule has 4 heteroatoms. The van der Waals surface area contributed by atoms with E-state index in [1.807, 2.05) is 53.1 Å². The maximum Gasteiger partial charge on any atom is 0.214 e. The van der Waals surface area contributed by atoms with E-state index in [2.05, 4.69) is 34.5 Å². The highest BCUT2D eigenvalue weighted by Gasteiger charge is 2.19. The van der Waals surface area contributed by atoms with Crippen molar-refractivity contribution < 1.29 is 4.79 Å². The molecule has 0 spiro atoms. The minimum Gasteiger partial charge on any atom is -0.303 e. The Labute approximate surface area is 143 Å². The van der Waals surface area contributed by atoms with Crippen LogP contribution in [0.15, 0.2) is 48.7 Å². The standard InChI is InChI=1S/C18H17IN2O/c1-2-3-11-16-20-17(15-10-6-7-12-21(15)16)18(22)13-8-4-5-9-14(13)19/h4-10,12H,2-3,11H2,1H3. The highest BCUT2D eigenvalue weighted by Crippen LogP contribution is 2.21. The number of pyridine rings is 1. The fraction of sp³-hybridized carbons (Fsp3) is 0.222. The molecule has 0 radical (unpaired) electrons. The minimum absolute atomic E-state index is 0.00329. The van der Waals surface area contributed by atoms with Crippen LogP contribution in [0.25, 0.3) is 5.52 Å². The average Bonchev–Trinajstić information content (AvgIpc) is 2.92. The number of nitrogens with zero attached hydrogens (tertiary/aromatic N) is 2. The molecule has 0 fully saturated rings. The van der Waals surface area contributed by atoms with Crippen molar-refractivity contribution in [1.29, 1.82) is 0 Å². The predicted molar refractivity (Wildman–Crippen MR) is 96.4 cm³/mol. The summed E-state index contributed by atoms with van der Waals surface area (Å²) >= 11 is 2.20. The summed E-state index contributed by atoms with van der Waals surface area (Å²) in [4.78, 5) is 17.5. The Morgan fingerprint density at radius 3 is 2.73 bits per heavy atom. The number of carbonyl (C=O) groups excluding carboxylic acids is 1. The molecule has 0 aliphatic heterocycles. The van der Waals surface area contributed by atoms with Crippen molar-refractivity contribution in [2.75, 3.05) is 0 Å². The van der Waals surface area contributed by atoms with Gasteiger partial charge in [-0.05, 0) is 53.3 Å². The average molecular weight is 404 g/mol. The molecular formula is C18H17IN2O. The first-order valence-corrected chi connectivity index (χ1v) is 8.55. The quantitative estimate of drug-likeness (QED) is 0.463. The normalized spacial score (nSPS) is 11.0. The lowest BCUT2D eigenvalue weighted by molar-refractivity contribution is 0.103. The van der Waals surface area contributed by atoms with Crippen LogP contribution < -0.4 is 0 Å². The minimum atomic E-state index is -0.00329. The molecule has 2 aromatic heterocycles. The molecule has 22 heavy (non-hydrogen) atoms. The third-order valence-electron chi connectivity index (χ3n) is 3.71. The van der Waals surface area contributed by atoms with Crippen LogP contribution in [0.5, 0.6) is 0 Å². The molecule has 0 aliphatic carbocycles. The summed E-state index contributed by atoms with van der Waals surface area (Å²) in [6, 6.07) is 13.5. The summed E-state index contributed by atoms with van der Waals surface area (Å²) in [6.07, 6.45) is 5.06. The summed E-state index contributed by atoms with van der Waals surface area (Å²) in [5, 5.41) is 0. The van der Waals surface area contributed by atoms with E-state index in [1.165, 1.54) is 0 Å². The SMILES string of the molecule is CCCCc1nc(C(=O)c2ccccc2I)c2ccccn12. The van der Waals surface area contributed by atoms with Gasteiger partial charge in [0.1, 0.15) is 11.5 Å². The van der Waals surface area contributed by atoms with Gasteiger partial charge in [-0.25, -0.2) is 4.98 Å². The zero-order valence-corrected chi connectivity index (χ0v) is 14.6. The Hall–Kier alpha value is -1.69. The number of imidazole rings is 1. The second-order valence-corrected chi connectivity index (χ2v) is 6.41. The van der Waals surface area contributed by atoms with Crippen LogP contribution in [0, 0.1) is 3.57 Å². The second kappa shape index (κ2) is 6.60. The summed E-state index contributed by atoms with van der Waals surface area (Å²) < 4.78 is 3.00. The molecule has 0 amide bonds. The maximum absolute atomic E-state index is 12.9. The first kappa shape index (κ1) is 15.2. The zero-order chi connectivity index (χ0) is 15.5. The van der Waals surface area contributed by atoms with Gasteiger partial charge in [-0.2, -0.15) is 0 Å². The Morgan fingerprint density at radius 2 is 1.95 bits per heavy atom. The number of unbranched alkanes of at least 4 members (excludes halogenated alkanes) is 1. The first-order chi connectivity index (χ1) is 10.7. The van der Waals surface area contributed by atoms with Crippen LogP contribution in [-0.2, 0) is 6.42 Å². The molecule has 3 rings (SSSR count). The number of benzene rings is 1. The molecule has 0 saturated heterocycles. The summed E-state index contributed by atoms with van der Waals surface area (Å²) in [6.45, 7) is 2.16. The fourth-order valence-corrected chi connectivity index (χ4v) is 3.18. The van der Waals surface area contributed by atoms with E-state index in [1.54, 1.807) is 0 Å². The van der Waals surface area contributed by atoms with Gasteiger partial charge in [-0.15, -0.1) is 0 Å². The van der Waals surface area contributed by atoms with Crippen molar-refractivity contribution in [2.45, 2.75) is 26.2 Å². The van der Waals surface area contributed by atoms with E-state index in [4.69, 9.17) is 0 Å². The van der Waals surface area contributed by atoms with E-state index in [0.29, 0.717) is 11.3 Å².